The van der Waals surface area contributed by atoms with Crippen LogP contribution in [0.3, 0.4) is 0 Å². The Hall–Kier alpha value is -2.62. The molecule has 0 saturated carbocycles. The van der Waals surface area contributed by atoms with Gasteiger partial charge in [0.2, 0.25) is 0 Å². The Kier molecular flexibility index (Phi) is 2.85. The third-order valence-electron chi connectivity index (χ3n) is 4.77. The quantitative estimate of drug-likeness (QED) is 0.748. The average Bonchev–Trinajstić information content (AvgIpc) is 2.66. The van der Waals surface area contributed by atoms with Crippen molar-refractivity contribution in [3.8, 4) is 0 Å². The van der Waals surface area contributed by atoms with E-state index < -0.39 is 5.41 Å². The molecule has 0 aromatic rings. The van der Waals surface area contributed by atoms with E-state index in [1.807, 2.05) is 38.3 Å². The highest BCUT2D eigenvalue weighted by Gasteiger charge is 2.44. The van der Waals surface area contributed by atoms with E-state index >= 15 is 0 Å². The minimum absolute atomic E-state index is 0.0505. The third kappa shape index (κ3) is 1.98. The lowest BCUT2D eigenvalue weighted by molar-refractivity contribution is -0.116. The smallest absolute Gasteiger partial charge is 0.164 e. The van der Waals surface area contributed by atoms with Crippen LogP contribution in [0, 0.1) is 11.3 Å². The van der Waals surface area contributed by atoms with E-state index in [1.54, 1.807) is 6.08 Å². The lowest BCUT2D eigenvalue weighted by Crippen LogP contribution is -2.33. The highest BCUT2D eigenvalue weighted by molar-refractivity contribution is 5.96. The molecule has 23 heavy (non-hydrogen) atoms. The maximum absolute atomic E-state index is 12.0. The van der Waals surface area contributed by atoms with E-state index in [0.29, 0.717) is 17.9 Å². The van der Waals surface area contributed by atoms with Gasteiger partial charge in [-0.1, -0.05) is 25.2 Å². The second-order valence-corrected chi connectivity index (χ2v) is 6.47. The molecule has 4 aliphatic rings. The summed E-state index contributed by atoms with van der Waals surface area (Å²) in [6, 6.07) is 0. The lowest BCUT2D eigenvalue weighted by Gasteiger charge is -2.37. The van der Waals surface area contributed by atoms with Gasteiger partial charge in [-0.05, 0) is 30.2 Å². The molecule has 4 rings (SSSR count). The van der Waals surface area contributed by atoms with Crippen LogP contribution >= 0.6 is 0 Å². The van der Waals surface area contributed by atoms with Gasteiger partial charge in [-0.25, -0.2) is 0 Å². The second kappa shape index (κ2) is 4.69. The summed E-state index contributed by atoms with van der Waals surface area (Å²) in [4.78, 5) is 16.5. The summed E-state index contributed by atoms with van der Waals surface area (Å²) in [5.74, 6) is 1.36. The molecule has 0 saturated heterocycles. The SMILES string of the molecule is CC1=C2OC3=CC(C)C(=O)C=C3N=CC23CC(N)=CC=C3C=C1. The number of carbonyl (C=O) groups is 1. The normalized spacial score (nSPS) is 31.7. The average molecular weight is 306 g/mol. The molecule has 0 bridgehead atoms. The Bertz CT molecular complexity index is 833. The van der Waals surface area contributed by atoms with E-state index in [-0.39, 0.29) is 11.7 Å². The van der Waals surface area contributed by atoms with Gasteiger partial charge < -0.3 is 10.5 Å². The van der Waals surface area contributed by atoms with E-state index in [0.717, 1.165) is 22.6 Å². The van der Waals surface area contributed by atoms with Crippen LogP contribution in [0.5, 0.6) is 0 Å². The Balaban J connectivity index is 1.91. The van der Waals surface area contributed by atoms with Crippen LogP contribution in [0.25, 0.3) is 0 Å². The highest BCUT2D eigenvalue weighted by atomic mass is 16.5. The molecule has 0 aromatic carbocycles. The van der Waals surface area contributed by atoms with Gasteiger partial charge in [0.15, 0.2) is 5.78 Å². The fourth-order valence-electron chi connectivity index (χ4n) is 3.45. The van der Waals surface area contributed by atoms with Crippen molar-refractivity contribution < 1.29 is 9.53 Å². The highest BCUT2D eigenvalue weighted by Crippen LogP contribution is 2.49. The van der Waals surface area contributed by atoms with Gasteiger partial charge in [-0.2, -0.15) is 0 Å². The van der Waals surface area contributed by atoms with Crippen LogP contribution in [0.1, 0.15) is 20.3 Å². The van der Waals surface area contributed by atoms with Crippen LogP contribution < -0.4 is 5.73 Å². The minimum atomic E-state index is -0.483. The molecule has 0 radical (unpaired) electrons. The van der Waals surface area contributed by atoms with Crippen LogP contribution in [-0.2, 0) is 9.53 Å². The van der Waals surface area contributed by atoms with Gasteiger partial charge in [-0.3, -0.25) is 9.79 Å². The van der Waals surface area contributed by atoms with Crippen molar-refractivity contribution in [3.63, 3.8) is 0 Å². The zero-order valence-electron chi connectivity index (χ0n) is 13.2. The number of hydrogen-bond acceptors (Lipinski definition) is 4. The van der Waals surface area contributed by atoms with Gasteiger partial charge in [0.05, 0.1) is 5.41 Å². The summed E-state index contributed by atoms with van der Waals surface area (Å²) in [5, 5.41) is 0. The molecule has 3 aliphatic carbocycles. The molecule has 116 valence electrons. The molecule has 1 spiro atoms. The Morgan fingerprint density at radius 2 is 2.17 bits per heavy atom. The van der Waals surface area contributed by atoms with E-state index in [4.69, 9.17) is 10.5 Å². The summed E-state index contributed by atoms with van der Waals surface area (Å²) in [7, 11) is 0. The molecule has 1 aliphatic heterocycles. The standard InChI is InChI=1S/C19H18N2O2/c1-11-3-4-13-5-6-14(20)9-19(13)10-21-15-8-16(22)12(2)7-17(15)23-18(11)19/h3-8,10,12H,9,20H2,1-2H3. The number of rotatable bonds is 0. The number of allylic oxidation sites excluding steroid dienone is 9. The van der Waals surface area contributed by atoms with Gasteiger partial charge in [-0.15, -0.1) is 0 Å². The van der Waals surface area contributed by atoms with Crippen molar-refractivity contribution in [1.29, 1.82) is 0 Å². The van der Waals surface area contributed by atoms with E-state index in [2.05, 4.69) is 17.1 Å². The Labute approximate surface area is 135 Å². The number of ketones is 1. The Morgan fingerprint density at radius 1 is 1.35 bits per heavy atom. The van der Waals surface area contributed by atoms with Crippen molar-refractivity contribution >= 4 is 12.0 Å². The van der Waals surface area contributed by atoms with Gasteiger partial charge >= 0.3 is 0 Å². The van der Waals surface area contributed by atoms with Gasteiger partial charge in [0, 0.05) is 30.3 Å². The second-order valence-electron chi connectivity index (χ2n) is 6.47. The molecule has 0 amide bonds. The molecule has 2 N–H and O–H groups in total. The van der Waals surface area contributed by atoms with Gasteiger partial charge in [0.25, 0.3) is 0 Å². The first-order valence-corrected chi connectivity index (χ1v) is 7.77. The summed E-state index contributed by atoms with van der Waals surface area (Å²) >= 11 is 0. The molecule has 4 nitrogen and oxygen atoms in total. The van der Waals surface area contributed by atoms with Crippen molar-refractivity contribution in [3.05, 3.63) is 70.5 Å². The first-order chi connectivity index (χ1) is 11.0. The van der Waals surface area contributed by atoms with Crippen molar-refractivity contribution in [2.24, 2.45) is 22.1 Å². The third-order valence-corrected chi connectivity index (χ3v) is 4.77. The molecule has 4 heteroatoms. The minimum Gasteiger partial charge on any atom is -0.458 e. The number of aliphatic imine (C=N–C) groups is 1. The predicted octanol–water partition coefficient (Wildman–Crippen LogP) is 3.08. The fraction of sp³-hybridized carbons (Fsp3) is 0.263. The molecule has 0 fully saturated rings. The van der Waals surface area contributed by atoms with Crippen LogP contribution in [0.4, 0.5) is 0 Å². The first kappa shape index (κ1) is 14.0. The van der Waals surface area contributed by atoms with Crippen molar-refractivity contribution in [1.82, 2.24) is 0 Å². The predicted molar refractivity (Wildman–Crippen MR) is 89.2 cm³/mol. The largest absolute Gasteiger partial charge is 0.458 e. The number of fused-ring (bicyclic) bond motifs is 1. The number of nitrogens with zero attached hydrogens (tertiary/aromatic N) is 1. The molecule has 2 unspecified atom stereocenters. The van der Waals surface area contributed by atoms with E-state index in [1.165, 1.54) is 0 Å². The molecule has 1 heterocycles. The summed E-state index contributed by atoms with van der Waals surface area (Å²) in [6.45, 7) is 3.89. The van der Waals surface area contributed by atoms with Crippen molar-refractivity contribution in [2.75, 3.05) is 0 Å². The lowest BCUT2D eigenvalue weighted by atomic mass is 9.69. The topological polar surface area (TPSA) is 64.7 Å². The zero-order chi connectivity index (χ0) is 16.2. The molecular weight excluding hydrogens is 288 g/mol. The molecule has 0 aromatic heterocycles. The molecule has 2 atom stereocenters. The zero-order valence-corrected chi connectivity index (χ0v) is 13.2. The Morgan fingerprint density at radius 3 is 3.00 bits per heavy atom. The monoisotopic (exact) mass is 306 g/mol. The van der Waals surface area contributed by atoms with Crippen molar-refractivity contribution in [2.45, 2.75) is 20.3 Å². The maximum atomic E-state index is 12.0. The summed E-state index contributed by atoms with van der Waals surface area (Å²) in [6.07, 6.45) is 14.0. The maximum Gasteiger partial charge on any atom is 0.164 e. The first-order valence-electron chi connectivity index (χ1n) is 7.77. The summed E-state index contributed by atoms with van der Waals surface area (Å²) < 4.78 is 6.28. The van der Waals surface area contributed by atoms with Crippen LogP contribution in [-0.4, -0.2) is 12.0 Å². The number of nitrogens with two attached hydrogens (primary N) is 1. The number of carbonyl (C=O) groups excluding carboxylic acids is 1. The fourth-order valence-corrected chi connectivity index (χ4v) is 3.45. The number of hydrogen-bond donors (Lipinski definition) is 1. The van der Waals surface area contributed by atoms with Gasteiger partial charge in [0.1, 0.15) is 17.2 Å². The van der Waals surface area contributed by atoms with Crippen LogP contribution in [0.15, 0.2) is 75.5 Å². The molecular formula is C19H18N2O2. The number of ether oxygens (including phenoxy) is 1. The van der Waals surface area contributed by atoms with Crippen LogP contribution in [0.2, 0.25) is 0 Å². The van der Waals surface area contributed by atoms with E-state index in [9.17, 15) is 4.79 Å². The summed E-state index contributed by atoms with van der Waals surface area (Å²) in [5.41, 5.74) is 9.16.